The van der Waals surface area contributed by atoms with Crippen LogP contribution in [0.25, 0.3) is 0 Å². The Morgan fingerprint density at radius 2 is 2.00 bits per heavy atom. The number of rotatable bonds is 4. The van der Waals surface area contributed by atoms with E-state index in [-0.39, 0.29) is 17.8 Å². The standard InChI is InChI=1S/C11H12F3N3O3/c1-16-9(18)5-17-10(19)6-2-3-8(7(15)4-6)20-11(12,13)14/h2-4H,5,15H2,1H3,(H,16,18)(H,17,19). The van der Waals surface area contributed by atoms with Crippen molar-refractivity contribution >= 4 is 17.5 Å². The zero-order valence-electron chi connectivity index (χ0n) is 10.4. The van der Waals surface area contributed by atoms with Crippen LogP contribution in [-0.2, 0) is 4.79 Å². The number of amides is 2. The number of carbonyl (C=O) groups is 2. The molecule has 0 radical (unpaired) electrons. The first-order valence-electron chi connectivity index (χ1n) is 5.37. The maximum Gasteiger partial charge on any atom is 0.573 e. The monoisotopic (exact) mass is 291 g/mol. The molecule has 1 rings (SSSR count). The first-order valence-corrected chi connectivity index (χ1v) is 5.37. The normalized spacial score (nSPS) is 10.8. The second kappa shape index (κ2) is 6.13. The molecule has 0 aliphatic heterocycles. The molecule has 1 aromatic rings. The van der Waals surface area contributed by atoms with Crippen LogP contribution in [0.2, 0.25) is 0 Å². The lowest BCUT2D eigenvalue weighted by atomic mass is 10.1. The van der Waals surface area contributed by atoms with Crippen LogP contribution < -0.4 is 21.1 Å². The van der Waals surface area contributed by atoms with Crippen molar-refractivity contribution in [3.63, 3.8) is 0 Å². The maximum atomic E-state index is 12.0. The number of alkyl halides is 3. The number of likely N-dealkylation sites (N-methyl/N-ethyl adjacent to an activating group) is 1. The lowest BCUT2D eigenvalue weighted by Gasteiger charge is -2.12. The minimum atomic E-state index is -4.86. The van der Waals surface area contributed by atoms with E-state index >= 15 is 0 Å². The van der Waals surface area contributed by atoms with Gasteiger partial charge in [-0.3, -0.25) is 9.59 Å². The molecule has 0 atom stereocenters. The van der Waals surface area contributed by atoms with Gasteiger partial charge in [0.2, 0.25) is 5.91 Å². The summed E-state index contributed by atoms with van der Waals surface area (Å²) in [6.45, 7) is -0.254. The quantitative estimate of drug-likeness (QED) is 0.710. The zero-order valence-corrected chi connectivity index (χ0v) is 10.4. The highest BCUT2D eigenvalue weighted by Crippen LogP contribution is 2.28. The Kier molecular flexibility index (Phi) is 4.78. The van der Waals surface area contributed by atoms with Gasteiger partial charge in [-0.05, 0) is 18.2 Å². The third-order valence-electron chi connectivity index (χ3n) is 2.19. The van der Waals surface area contributed by atoms with Crippen molar-refractivity contribution < 1.29 is 27.5 Å². The SMILES string of the molecule is CNC(=O)CNC(=O)c1ccc(OC(F)(F)F)c(N)c1. The number of ether oxygens (including phenoxy) is 1. The lowest BCUT2D eigenvalue weighted by molar-refractivity contribution is -0.274. The third kappa shape index (κ3) is 4.67. The minimum absolute atomic E-state index is 0.0147. The summed E-state index contributed by atoms with van der Waals surface area (Å²) in [6.07, 6.45) is -4.86. The van der Waals surface area contributed by atoms with Gasteiger partial charge in [0.05, 0.1) is 12.2 Å². The number of hydrogen-bond acceptors (Lipinski definition) is 4. The summed E-state index contributed by atoms with van der Waals surface area (Å²) in [5.74, 6) is -1.65. The van der Waals surface area contributed by atoms with Crippen LogP contribution in [0.5, 0.6) is 5.75 Å². The van der Waals surface area contributed by atoms with E-state index in [1.54, 1.807) is 0 Å². The molecule has 0 fully saturated rings. The Morgan fingerprint density at radius 1 is 1.35 bits per heavy atom. The van der Waals surface area contributed by atoms with E-state index in [2.05, 4.69) is 15.4 Å². The second-order valence-electron chi connectivity index (χ2n) is 3.66. The molecule has 0 bridgehead atoms. The van der Waals surface area contributed by atoms with Gasteiger partial charge in [0, 0.05) is 12.6 Å². The van der Waals surface area contributed by atoms with Crippen LogP contribution in [0.15, 0.2) is 18.2 Å². The van der Waals surface area contributed by atoms with Gasteiger partial charge in [-0.25, -0.2) is 0 Å². The molecule has 110 valence electrons. The van der Waals surface area contributed by atoms with Crippen molar-refractivity contribution in [3.05, 3.63) is 23.8 Å². The predicted octanol–water partition coefficient (Wildman–Crippen LogP) is 0.643. The molecule has 4 N–H and O–H groups in total. The van der Waals surface area contributed by atoms with Gasteiger partial charge in [-0.2, -0.15) is 0 Å². The third-order valence-corrected chi connectivity index (χ3v) is 2.19. The summed E-state index contributed by atoms with van der Waals surface area (Å²) in [5.41, 5.74) is 5.04. The Balaban J connectivity index is 2.76. The van der Waals surface area contributed by atoms with E-state index in [9.17, 15) is 22.8 Å². The van der Waals surface area contributed by atoms with Gasteiger partial charge in [-0.15, -0.1) is 13.2 Å². The molecule has 0 spiro atoms. The van der Waals surface area contributed by atoms with Crippen LogP contribution in [0, 0.1) is 0 Å². The van der Waals surface area contributed by atoms with Crippen molar-refractivity contribution in [1.82, 2.24) is 10.6 Å². The second-order valence-corrected chi connectivity index (χ2v) is 3.66. The van der Waals surface area contributed by atoms with E-state index in [1.807, 2.05) is 0 Å². The van der Waals surface area contributed by atoms with Crippen molar-refractivity contribution in [3.8, 4) is 5.75 Å². The number of anilines is 1. The van der Waals surface area contributed by atoms with Crippen molar-refractivity contribution in [2.45, 2.75) is 6.36 Å². The first kappa shape index (κ1) is 15.6. The van der Waals surface area contributed by atoms with Gasteiger partial charge in [-0.1, -0.05) is 0 Å². The van der Waals surface area contributed by atoms with Gasteiger partial charge in [0.1, 0.15) is 0 Å². The van der Waals surface area contributed by atoms with E-state index in [0.29, 0.717) is 0 Å². The Morgan fingerprint density at radius 3 is 2.50 bits per heavy atom. The average molecular weight is 291 g/mol. The molecule has 0 saturated carbocycles. The van der Waals surface area contributed by atoms with Crippen molar-refractivity contribution in [1.29, 1.82) is 0 Å². The van der Waals surface area contributed by atoms with Gasteiger partial charge >= 0.3 is 6.36 Å². The van der Waals surface area contributed by atoms with Crippen LogP contribution >= 0.6 is 0 Å². The van der Waals surface area contributed by atoms with Crippen molar-refractivity contribution in [2.24, 2.45) is 0 Å². The molecule has 2 amide bonds. The summed E-state index contributed by atoms with van der Waals surface area (Å²) in [4.78, 5) is 22.5. The number of nitrogens with one attached hydrogen (secondary N) is 2. The highest BCUT2D eigenvalue weighted by atomic mass is 19.4. The molecule has 6 nitrogen and oxygen atoms in total. The largest absolute Gasteiger partial charge is 0.573 e. The molecule has 0 saturated heterocycles. The maximum absolute atomic E-state index is 12.0. The Labute approximate surface area is 112 Å². The molecule has 0 unspecified atom stereocenters. The number of carbonyl (C=O) groups excluding carboxylic acids is 2. The summed E-state index contributed by atoms with van der Waals surface area (Å²) in [6, 6.07) is 3.06. The van der Waals surface area contributed by atoms with Gasteiger partial charge in [0.15, 0.2) is 5.75 Å². The molecule has 0 heterocycles. The number of halogens is 3. The highest BCUT2D eigenvalue weighted by molar-refractivity contribution is 5.97. The Hall–Kier alpha value is -2.45. The molecule has 9 heteroatoms. The van der Waals surface area contributed by atoms with Crippen molar-refractivity contribution in [2.75, 3.05) is 19.3 Å². The van der Waals surface area contributed by atoms with Crippen LogP contribution in [0.3, 0.4) is 0 Å². The van der Waals surface area contributed by atoms with E-state index < -0.39 is 23.9 Å². The molecule has 20 heavy (non-hydrogen) atoms. The van der Waals surface area contributed by atoms with E-state index in [0.717, 1.165) is 18.2 Å². The molecule has 0 aromatic heterocycles. The minimum Gasteiger partial charge on any atom is -0.404 e. The molecule has 0 aliphatic carbocycles. The van der Waals surface area contributed by atoms with Gasteiger partial charge in [0.25, 0.3) is 5.91 Å². The van der Waals surface area contributed by atoms with E-state index in [1.165, 1.54) is 7.05 Å². The molecule has 0 aliphatic rings. The number of benzene rings is 1. The highest BCUT2D eigenvalue weighted by Gasteiger charge is 2.32. The lowest BCUT2D eigenvalue weighted by Crippen LogP contribution is -2.35. The van der Waals surface area contributed by atoms with Crippen LogP contribution in [0.1, 0.15) is 10.4 Å². The number of hydrogen-bond donors (Lipinski definition) is 3. The molecular formula is C11H12F3N3O3. The van der Waals surface area contributed by atoms with Gasteiger partial charge < -0.3 is 21.1 Å². The first-order chi connectivity index (χ1) is 9.23. The Bertz CT molecular complexity index is 517. The fourth-order valence-corrected chi connectivity index (χ4v) is 1.26. The van der Waals surface area contributed by atoms with Crippen LogP contribution in [0.4, 0.5) is 18.9 Å². The van der Waals surface area contributed by atoms with Crippen LogP contribution in [-0.4, -0.2) is 31.8 Å². The fourth-order valence-electron chi connectivity index (χ4n) is 1.26. The summed E-state index contributed by atoms with van der Waals surface area (Å²) < 4.78 is 39.7. The summed E-state index contributed by atoms with van der Waals surface area (Å²) in [7, 11) is 1.40. The smallest absolute Gasteiger partial charge is 0.404 e. The fraction of sp³-hybridized carbons (Fsp3) is 0.273. The van der Waals surface area contributed by atoms with E-state index in [4.69, 9.17) is 5.73 Å². The average Bonchev–Trinajstić information content (AvgIpc) is 2.36. The number of nitrogens with two attached hydrogens (primary N) is 1. The summed E-state index contributed by atoms with van der Waals surface area (Å²) >= 11 is 0. The molecular weight excluding hydrogens is 279 g/mol. The topological polar surface area (TPSA) is 93.5 Å². The number of nitrogen functional groups attached to an aromatic ring is 1. The summed E-state index contributed by atoms with van der Waals surface area (Å²) in [5, 5.41) is 4.57. The zero-order chi connectivity index (χ0) is 15.3. The molecule has 1 aromatic carbocycles. The predicted molar refractivity (Wildman–Crippen MR) is 63.9 cm³/mol.